The number of aliphatic imine (C=N–C) groups is 1. The Morgan fingerprint density at radius 2 is 1.91 bits per heavy atom. The Morgan fingerprint density at radius 1 is 1.35 bits per heavy atom. The first-order chi connectivity index (χ1) is 10.7. The molecule has 2 N–H and O–H groups in total. The molecule has 5 nitrogen and oxygen atoms in total. The zero-order valence-electron chi connectivity index (χ0n) is 13.3. The van der Waals surface area contributed by atoms with Crippen LogP contribution < -0.4 is 10.6 Å². The van der Waals surface area contributed by atoms with Crippen LogP contribution in [-0.2, 0) is 0 Å². The summed E-state index contributed by atoms with van der Waals surface area (Å²) in [5.41, 5.74) is 0.569. The van der Waals surface area contributed by atoms with Gasteiger partial charge in [0.1, 0.15) is 5.69 Å². The van der Waals surface area contributed by atoms with Gasteiger partial charge in [0.2, 0.25) is 0 Å². The van der Waals surface area contributed by atoms with Crippen LogP contribution in [-0.4, -0.2) is 29.3 Å². The first kappa shape index (κ1) is 19.8. The number of halogens is 2. The maximum atomic E-state index is 12.2. The Bertz CT molecular complexity index is 639. The van der Waals surface area contributed by atoms with Crippen LogP contribution in [0.5, 0.6) is 0 Å². The number of amidine groups is 1. The van der Waals surface area contributed by atoms with E-state index in [0.29, 0.717) is 16.4 Å². The van der Waals surface area contributed by atoms with Gasteiger partial charge in [-0.05, 0) is 39.2 Å². The summed E-state index contributed by atoms with van der Waals surface area (Å²) >= 11 is 13.6. The monoisotopic (exact) mass is 372 g/mol. The highest BCUT2D eigenvalue weighted by atomic mass is 35.5. The lowest BCUT2D eigenvalue weighted by Crippen LogP contribution is -2.39. The van der Waals surface area contributed by atoms with Crippen LogP contribution >= 0.6 is 35.0 Å². The fraction of sp³-hybridized carbons (Fsp3) is 0.400. The lowest BCUT2D eigenvalue weighted by atomic mass is 10.1. The predicted octanol–water partition coefficient (Wildman–Crippen LogP) is 3.99. The fourth-order valence-corrected chi connectivity index (χ4v) is 2.46. The van der Waals surface area contributed by atoms with Gasteiger partial charge in [-0.3, -0.25) is 10.1 Å². The molecule has 0 aliphatic rings. The van der Waals surface area contributed by atoms with E-state index >= 15 is 0 Å². The number of carbonyl (C=O) groups is 1. The molecule has 0 bridgehead atoms. The highest BCUT2D eigenvalue weighted by molar-refractivity contribution is 8.13. The van der Waals surface area contributed by atoms with E-state index in [9.17, 15) is 4.79 Å². The molecule has 8 heteroatoms. The molecular weight excluding hydrogens is 355 g/mol. The van der Waals surface area contributed by atoms with Gasteiger partial charge < -0.3 is 5.32 Å². The first-order valence-electron chi connectivity index (χ1n) is 6.73. The summed E-state index contributed by atoms with van der Waals surface area (Å²) in [6.45, 7) is 6.11. The number of benzene rings is 1. The topological polar surface area (TPSA) is 77.3 Å². The van der Waals surface area contributed by atoms with Crippen molar-refractivity contribution in [3.63, 3.8) is 0 Å². The van der Waals surface area contributed by atoms with Gasteiger partial charge in [0.05, 0.1) is 16.6 Å². The average Bonchev–Trinajstić information content (AvgIpc) is 2.46. The van der Waals surface area contributed by atoms with E-state index in [4.69, 9.17) is 28.5 Å². The molecule has 0 heterocycles. The first-order valence-corrected chi connectivity index (χ1v) is 8.71. The maximum Gasteiger partial charge on any atom is 0.183 e. The second-order valence-electron chi connectivity index (χ2n) is 5.67. The molecule has 0 aliphatic heterocycles. The molecule has 0 saturated heterocycles. The highest BCUT2D eigenvalue weighted by Crippen LogP contribution is 2.35. The number of Topliss-reactive ketones (excluding diaryl/α,β-unsaturated/α-hetero) is 1. The molecule has 1 aromatic carbocycles. The largest absolute Gasteiger partial charge is 0.305 e. The van der Waals surface area contributed by atoms with E-state index in [2.05, 4.69) is 15.6 Å². The van der Waals surface area contributed by atoms with E-state index in [1.807, 2.05) is 20.8 Å². The van der Waals surface area contributed by atoms with Crippen molar-refractivity contribution in [2.24, 2.45) is 4.99 Å². The van der Waals surface area contributed by atoms with Crippen LogP contribution in [0, 0.1) is 11.5 Å². The second-order valence-corrected chi connectivity index (χ2v) is 7.28. The van der Waals surface area contributed by atoms with Crippen molar-refractivity contribution in [3.8, 4) is 6.19 Å². The number of carbonyl (C=O) groups excluding carboxylic acids is 1. The average molecular weight is 373 g/mol. The summed E-state index contributed by atoms with van der Waals surface area (Å²) in [5, 5.41) is 15.1. The SMILES string of the molecule is CSC(=Nc1c(Cl)cc(C(=O)CNC(C)(C)C)cc1Cl)NC#N. The summed E-state index contributed by atoms with van der Waals surface area (Å²) in [6, 6.07) is 3.06. The third-order valence-electron chi connectivity index (χ3n) is 2.69. The van der Waals surface area contributed by atoms with Crippen molar-refractivity contribution in [1.29, 1.82) is 5.26 Å². The molecule has 0 aliphatic carbocycles. The summed E-state index contributed by atoms with van der Waals surface area (Å²) in [7, 11) is 0. The zero-order valence-corrected chi connectivity index (χ0v) is 15.7. The Labute approximate surface area is 150 Å². The van der Waals surface area contributed by atoms with Crippen LogP contribution in [0.2, 0.25) is 10.0 Å². The van der Waals surface area contributed by atoms with E-state index < -0.39 is 0 Å². The molecule has 0 amide bonds. The third-order valence-corrected chi connectivity index (χ3v) is 3.84. The molecule has 0 radical (unpaired) electrons. The Kier molecular flexibility index (Phi) is 7.36. The molecule has 23 heavy (non-hydrogen) atoms. The minimum atomic E-state index is -0.163. The van der Waals surface area contributed by atoms with E-state index in [1.54, 1.807) is 12.4 Å². The van der Waals surface area contributed by atoms with Gasteiger partial charge in [-0.1, -0.05) is 35.0 Å². The van der Waals surface area contributed by atoms with Crippen molar-refractivity contribution in [2.75, 3.05) is 12.8 Å². The van der Waals surface area contributed by atoms with Crippen LogP contribution in [0.3, 0.4) is 0 Å². The number of ketones is 1. The van der Waals surface area contributed by atoms with Crippen LogP contribution in [0.15, 0.2) is 17.1 Å². The molecular formula is C15H18Cl2N4OS. The van der Waals surface area contributed by atoms with Gasteiger partial charge >= 0.3 is 0 Å². The number of nitrogens with zero attached hydrogens (tertiary/aromatic N) is 2. The Hall–Kier alpha value is -1.26. The number of hydrogen-bond donors (Lipinski definition) is 2. The third kappa shape index (κ3) is 6.40. The van der Waals surface area contributed by atoms with E-state index in [0.717, 1.165) is 0 Å². The fourth-order valence-electron chi connectivity index (χ4n) is 1.55. The van der Waals surface area contributed by atoms with Crippen LogP contribution in [0.1, 0.15) is 31.1 Å². The van der Waals surface area contributed by atoms with Gasteiger partial charge in [-0.15, -0.1) is 0 Å². The van der Waals surface area contributed by atoms with Crippen LogP contribution in [0.25, 0.3) is 0 Å². The molecule has 0 saturated carbocycles. The minimum absolute atomic E-state index is 0.112. The van der Waals surface area contributed by atoms with E-state index in [1.165, 1.54) is 23.9 Å². The van der Waals surface area contributed by atoms with Crippen molar-refractivity contribution >= 4 is 51.6 Å². The number of thioether (sulfide) groups is 1. The van der Waals surface area contributed by atoms with Crippen LogP contribution in [0.4, 0.5) is 5.69 Å². The predicted molar refractivity (Wildman–Crippen MR) is 97.9 cm³/mol. The summed E-state index contributed by atoms with van der Waals surface area (Å²) in [4.78, 5) is 16.4. The highest BCUT2D eigenvalue weighted by Gasteiger charge is 2.16. The van der Waals surface area contributed by atoms with Crippen molar-refractivity contribution in [2.45, 2.75) is 26.3 Å². The maximum absolute atomic E-state index is 12.2. The molecule has 1 aromatic rings. The van der Waals surface area contributed by atoms with E-state index in [-0.39, 0.29) is 27.9 Å². The Morgan fingerprint density at radius 3 is 2.35 bits per heavy atom. The van der Waals surface area contributed by atoms with Crippen molar-refractivity contribution in [3.05, 3.63) is 27.7 Å². The van der Waals surface area contributed by atoms with Gasteiger partial charge in [-0.2, -0.15) is 5.26 Å². The normalized spacial score (nSPS) is 12.0. The summed E-state index contributed by atoms with van der Waals surface area (Å²) in [6.07, 6.45) is 3.55. The summed E-state index contributed by atoms with van der Waals surface area (Å²) < 4.78 is 0. The molecule has 0 atom stereocenters. The number of nitriles is 1. The molecule has 1 rings (SSSR count). The van der Waals surface area contributed by atoms with Gasteiger partial charge in [0.25, 0.3) is 0 Å². The Balaban J connectivity index is 3.06. The molecule has 0 spiro atoms. The summed E-state index contributed by atoms with van der Waals surface area (Å²) in [5.74, 6) is -0.112. The lowest BCUT2D eigenvalue weighted by molar-refractivity contribution is 0.0982. The molecule has 124 valence electrons. The zero-order chi connectivity index (χ0) is 17.6. The van der Waals surface area contributed by atoms with Gasteiger partial charge in [0, 0.05) is 11.1 Å². The standard InChI is InChI=1S/C15H18Cl2N4OS/c1-15(2,3)20-7-12(22)9-5-10(16)13(11(17)6-9)21-14(23-4)19-8-18/h5-6,20H,7H2,1-4H3,(H,19,21). The van der Waals surface area contributed by atoms with Gasteiger partial charge in [0.15, 0.2) is 17.1 Å². The smallest absolute Gasteiger partial charge is 0.183 e. The van der Waals surface area contributed by atoms with Gasteiger partial charge in [-0.25, -0.2) is 4.99 Å². The molecule has 0 fully saturated rings. The number of rotatable bonds is 4. The number of nitrogens with one attached hydrogen (secondary N) is 2. The number of hydrogen-bond acceptors (Lipinski definition) is 5. The second kappa shape index (κ2) is 8.55. The van der Waals surface area contributed by atoms with Crippen molar-refractivity contribution < 1.29 is 4.79 Å². The molecule has 0 aromatic heterocycles. The quantitative estimate of drug-likeness (QED) is 0.274. The minimum Gasteiger partial charge on any atom is -0.305 e. The van der Waals surface area contributed by atoms with Crippen molar-refractivity contribution in [1.82, 2.24) is 10.6 Å². The molecule has 0 unspecified atom stereocenters. The lowest BCUT2D eigenvalue weighted by Gasteiger charge is -2.20.